The summed E-state index contributed by atoms with van der Waals surface area (Å²) >= 11 is 0. The minimum atomic E-state index is 0.667. The highest BCUT2D eigenvalue weighted by atomic mass is 16.1. The second kappa shape index (κ2) is 16.5. The first-order valence-electron chi connectivity index (χ1n) is 8.02. The van der Waals surface area contributed by atoms with Crippen LogP contribution >= 0.6 is 0 Å². The van der Waals surface area contributed by atoms with E-state index in [2.05, 4.69) is 12.2 Å². The molecule has 0 aliphatic rings. The van der Waals surface area contributed by atoms with Gasteiger partial charge < -0.3 is 0 Å². The van der Waals surface area contributed by atoms with Gasteiger partial charge in [0, 0.05) is 6.54 Å². The van der Waals surface area contributed by atoms with Crippen molar-refractivity contribution in [2.75, 3.05) is 6.54 Å². The van der Waals surface area contributed by atoms with Crippen LogP contribution in [0.15, 0.2) is 0 Å². The van der Waals surface area contributed by atoms with Gasteiger partial charge >= 0.3 is 0 Å². The quantitative estimate of drug-likeness (QED) is 0.304. The van der Waals surface area contributed by atoms with Crippen molar-refractivity contribution in [2.24, 2.45) is 0 Å². The molecule has 0 aromatic heterocycles. The second-order valence-electron chi connectivity index (χ2n) is 5.25. The Bertz CT molecular complexity index is 159. The molecule has 0 heterocycles. The van der Waals surface area contributed by atoms with Crippen LogP contribution in [-0.4, -0.2) is 13.0 Å². The fraction of sp³-hybridized carbons (Fsp3) is 0.938. The maximum Gasteiger partial charge on any atom is 0.228 e. The number of unbranched alkanes of at least 4 members (excludes halogenated alkanes) is 12. The molecule has 0 spiro atoms. The molecule has 0 unspecified atom stereocenters. The predicted octanol–water partition coefficient (Wildman–Crippen LogP) is 4.84. The molecule has 1 amide bonds. The Morgan fingerprint density at radius 3 is 1.44 bits per heavy atom. The van der Waals surface area contributed by atoms with Gasteiger partial charge in [-0.15, -0.1) is 0 Å². The lowest BCUT2D eigenvalue weighted by Gasteiger charge is -2.02. The molecular formula is C16H32NO. The first-order valence-corrected chi connectivity index (χ1v) is 8.02. The Morgan fingerprint density at radius 2 is 1.06 bits per heavy atom. The third kappa shape index (κ3) is 15.5. The Hall–Kier alpha value is -0.530. The maximum atomic E-state index is 9.96. The van der Waals surface area contributed by atoms with Crippen LogP contribution in [0.5, 0.6) is 0 Å². The van der Waals surface area contributed by atoms with Crippen LogP contribution < -0.4 is 5.32 Å². The van der Waals surface area contributed by atoms with E-state index in [9.17, 15) is 4.79 Å². The number of hydrogen-bond acceptors (Lipinski definition) is 1. The van der Waals surface area contributed by atoms with Crippen LogP contribution in [0.4, 0.5) is 0 Å². The minimum Gasteiger partial charge on any atom is -0.277 e. The summed E-state index contributed by atoms with van der Waals surface area (Å²) in [6.07, 6.45) is 18.4. The van der Waals surface area contributed by atoms with Crippen molar-refractivity contribution < 1.29 is 4.79 Å². The summed E-state index contributed by atoms with van der Waals surface area (Å²) in [6.45, 7) is 2.99. The van der Waals surface area contributed by atoms with Crippen molar-refractivity contribution >= 4 is 6.41 Å². The van der Waals surface area contributed by atoms with Crippen molar-refractivity contribution in [3.05, 3.63) is 0 Å². The zero-order valence-corrected chi connectivity index (χ0v) is 12.3. The summed E-state index contributed by atoms with van der Waals surface area (Å²) < 4.78 is 0. The van der Waals surface area contributed by atoms with Gasteiger partial charge in [-0.1, -0.05) is 84.0 Å². The highest BCUT2D eigenvalue weighted by Crippen LogP contribution is 2.12. The van der Waals surface area contributed by atoms with Crippen LogP contribution in [-0.2, 0) is 4.79 Å². The Labute approximate surface area is 114 Å². The second-order valence-corrected chi connectivity index (χ2v) is 5.25. The van der Waals surface area contributed by atoms with Crippen molar-refractivity contribution in [3.8, 4) is 0 Å². The van der Waals surface area contributed by atoms with Gasteiger partial charge in [0.15, 0.2) is 0 Å². The number of rotatable bonds is 15. The summed E-state index contributed by atoms with van der Waals surface area (Å²) in [6, 6.07) is 0. The zero-order valence-electron chi connectivity index (χ0n) is 12.3. The smallest absolute Gasteiger partial charge is 0.228 e. The first kappa shape index (κ1) is 17.5. The van der Waals surface area contributed by atoms with Gasteiger partial charge in [0.05, 0.1) is 0 Å². The van der Waals surface area contributed by atoms with Gasteiger partial charge in [-0.3, -0.25) is 10.1 Å². The number of carbonyl (C=O) groups excluding carboxylic acids is 1. The summed E-state index contributed by atoms with van der Waals surface area (Å²) in [5.41, 5.74) is 0. The normalized spacial score (nSPS) is 10.5. The first-order chi connectivity index (χ1) is 8.91. The number of carbonyl (C=O) groups is 1. The molecule has 0 saturated heterocycles. The number of amides is 1. The third-order valence-electron chi connectivity index (χ3n) is 3.47. The van der Waals surface area contributed by atoms with E-state index in [1.54, 1.807) is 0 Å². The van der Waals surface area contributed by atoms with Gasteiger partial charge in [-0.2, -0.15) is 0 Å². The molecule has 0 atom stereocenters. The molecule has 0 aromatic carbocycles. The average Bonchev–Trinajstić information content (AvgIpc) is 2.39. The zero-order chi connectivity index (χ0) is 13.3. The molecule has 0 aromatic rings. The average molecular weight is 254 g/mol. The Morgan fingerprint density at radius 1 is 0.667 bits per heavy atom. The van der Waals surface area contributed by atoms with Gasteiger partial charge in [-0.05, 0) is 6.42 Å². The lowest BCUT2D eigenvalue weighted by molar-refractivity contribution is -0.109. The molecule has 2 nitrogen and oxygen atoms in total. The number of nitrogens with zero attached hydrogens (tertiary/aromatic N) is 1. The van der Waals surface area contributed by atoms with Crippen LogP contribution in [0.25, 0.3) is 0 Å². The van der Waals surface area contributed by atoms with E-state index in [0.717, 1.165) is 13.0 Å². The van der Waals surface area contributed by atoms with Crippen molar-refractivity contribution in [1.29, 1.82) is 0 Å². The fourth-order valence-electron chi connectivity index (χ4n) is 2.27. The van der Waals surface area contributed by atoms with Crippen LogP contribution in [0.3, 0.4) is 0 Å². The van der Waals surface area contributed by atoms with E-state index in [0.29, 0.717) is 6.41 Å². The molecule has 107 valence electrons. The SMILES string of the molecule is CCCCCCCCCCCCCCC[N]C=O. The molecule has 0 N–H and O–H groups in total. The number of hydrogen-bond donors (Lipinski definition) is 0. The molecular weight excluding hydrogens is 222 g/mol. The molecule has 0 rings (SSSR count). The van der Waals surface area contributed by atoms with Gasteiger partial charge in [-0.25, -0.2) is 0 Å². The van der Waals surface area contributed by atoms with Crippen molar-refractivity contribution in [2.45, 2.75) is 90.4 Å². The van der Waals surface area contributed by atoms with Crippen LogP contribution in [0.2, 0.25) is 0 Å². The molecule has 1 radical (unpaired) electrons. The highest BCUT2D eigenvalue weighted by Gasteiger charge is 1.93. The van der Waals surface area contributed by atoms with E-state index in [1.165, 1.54) is 77.0 Å². The fourth-order valence-corrected chi connectivity index (χ4v) is 2.27. The van der Waals surface area contributed by atoms with E-state index in [4.69, 9.17) is 0 Å². The minimum absolute atomic E-state index is 0.667. The highest BCUT2D eigenvalue weighted by molar-refractivity contribution is 5.45. The topological polar surface area (TPSA) is 31.2 Å². The Kier molecular flexibility index (Phi) is 16.0. The van der Waals surface area contributed by atoms with Gasteiger partial charge in [0.25, 0.3) is 0 Å². The standard InChI is InChI=1S/C16H32NO/c1-2-3-4-5-6-7-8-9-10-11-12-13-14-15-17-16-18/h16H,2-15H2,1H3. The van der Waals surface area contributed by atoms with E-state index in [1.807, 2.05) is 0 Å². The summed E-state index contributed by atoms with van der Waals surface area (Å²) in [7, 11) is 0. The monoisotopic (exact) mass is 254 g/mol. The van der Waals surface area contributed by atoms with Crippen LogP contribution in [0, 0.1) is 0 Å². The predicted molar refractivity (Wildman–Crippen MR) is 78.8 cm³/mol. The molecule has 0 fully saturated rings. The molecule has 0 saturated carbocycles. The van der Waals surface area contributed by atoms with Crippen LogP contribution in [0.1, 0.15) is 90.4 Å². The van der Waals surface area contributed by atoms with E-state index >= 15 is 0 Å². The third-order valence-corrected chi connectivity index (χ3v) is 3.47. The maximum absolute atomic E-state index is 9.96. The Balaban J connectivity index is 2.88. The van der Waals surface area contributed by atoms with Crippen molar-refractivity contribution in [3.63, 3.8) is 0 Å². The molecule has 2 heteroatoms. The largest absolute Gasteiger partial charge is 0.277 e. The van der Waals surface area contributed by atoms with E-state index < -0.39 is 0 Å². The van der Waals surface area contributed by atoms with Crippen molar-refractivity contribution in [1.82, 2.24) is 5.32 Å². The van der Waals surface area contributed by atoms with E-state index in [-0.39, 0.29) is 0 Å². The summed E-state index contributed by atoms with van der Waals surface area (Å²) in [5.74, 6) is 0. The van der Waals surface area contributed by atoms with Gasteiger partial charge in [0.1, 0.15) is 0 Å². The molecule has 18 heavy (non-hydrogen) atoms. The molecule has 0 aliphatic heterocycles. The molecule has 0 bridgehead atoms. The lowest BCUT2D eigenvalue weighted by atomic mass is 10.0. The lowest BCUT2D eigenvalue weighted by Crippen LogP contribution is -2.02. The summed E-state index contributed by atoms with van der Waals surface area (Å²) in [5, 5.41) is 3.68. The summed E-state index contributed by atoms with van der Waals surface area (Å²) in [4.78, 5) is 9.96. The molecule has 0 aliphatic carbocycles. The van der Waals surface area contributed by atoms with Gasteiger partial charge in [0.2, 0.25) is 6.41 Å².